The van der Waals surface area contributed by atoms with E-state index in [0.717, 1.165) is 5.56 Å². The molecule has 1 heterocycles. The number of ether oxygens (including phenoxy) is 4. The van der Waals surface area contributed by atoms with Gasteiger partial charge >= 0.3 is 0 Å². The van der Waals surface area contributed by atoms with E-state index < -0.39 is 10.0 Å². The van der Waals surface area contributed by atoms with E-state index in [-0.39, 0.29) is 27.2 Å². The van der Waals surface area contributed by atoms with Gasteiger partial charge in [-0.1, -0.05) is 16.8 Å². The second-order valence-corrected chi connectivity index (χ2v) is 7.88. The predicted octanol–water partition coefficient (Wildman–Crippen LogP) is 3.45. The van der Waals surface area contributed by atoms with E-state index >= 15 is 0 Å². The lowest BCUT2D eigenvalue weighted by atomic mass is 10.1. The van der Waals surface area contributed by atoms with E-state index in [4.69, 9.17) is 35.1 Å². The minimum Gasteiger partial charge on any atom is -0.496 e. The van der Waals surface area contributed by atoms with Crippen molar-refractivity contribution in [1.29, 1.82) is 0 Å². The number of fused-ring (bicyclic) bond motifs is 1. The highest BCUT2D eigenvalue weighted by Crippen LogP contribution is 2.41. The Kier molecular flexibility index (Phi) is 6.06. The first kappa shape index (κ1) is 21.0. The maximum atomic E-state index is 13.2. The van der Waals surface area contributed by atoms with Crippen LogP contribution in [0.5, 0.6) is 17.2 Å². The van der Waals surface area contributed by atoms with Gasteiger partial charge in [-0.25, -0.2) is 8.42 Å². The van der Waals surface area contributed by atoms with Crippen LogP contribution in [0.25, 0.3) is 11.0 Å². The lowest BCUT2D eigenvalue weighted by Gasteiger charge is -2.15. The molecule has 0 amide bonds. The van der Waals surface area contributed by atoms with E-state index in [1.54, 1.807) is 19.2 Å². The summed E-state index contributed by atoms with van der Waals surface area (Å²) in [5.41, 5.74) is 1.11. The maximum Gasteiger partial charge on any atom is 0.270 e. The van der Waals surface area contributed by atoms with E-state index in [0.29, 0.717) is 23.3 Å². The fourth-order valence-corrected chi connectivity index (χ4v) is 4.52. The van der Waals surface area contributed by atoms with Crippen LogP contribution in [-0.4, -0.2) is 42.0 Å². The minimum atomic E-state index is -4.22. The molecular formula is C18H19ClN2O7S. The number of halogens is 1. The number of aromatic nitrogens is 1. The number of sulfonamides is 1. The third kappa shape index (κ3) is 3.91. The van der Waals surface area contributed by atoms with Crippen molar-refractivity contribution in [3.8, 4) is 17.2 Å². The summed E-state index contributed by atoms with van der Waals surface area (Å²) in [6.07, 6.45) is 0. The molecule has 3 aromatic rings. The number of benzene rings is 2. The summed E-state index contributed by atoms with van der Waals surface area (Å²) in [5.74, 6) is 0.324. The molecule has 0 unspecified atom stereocenters. The molecule has 0 fully saturated rings. The molecule has 0 aliphatic rings. The van der Waals surface area contributed by atoms with Crippen LogP contribution in [0.15, 0.2) is 33.7 Å². The molecule has 0 atom stereocenters. The van der Waals surface area contributed by atoms with Crippen molar-refractivity contribution < 1.29 is 31.9 Å². The Morgan fingerprint density at radius 2 is 1.79 bits per heavy atom. The van der Waals surface area contributed by atoms with Crippen LogP contribution in [0, 0.1) is 0 Å². The molecule has 0 radical (unpaired) electrons. The number of rotatable bonds is 8. The predicted molar refractivity (Wildman–Crippen MR) is 107 cm³/mol. The van der Waals surface area contributed by atoms with Crippen molar-refractivity contribution in [2.45, 2.75) is 11.5 Å². The summed E-state index contributed by atoms with van der Waals surface area (Å²) >= 11 is 6.10. The lowest BCUT2D eigenvalue weighted by molar-refractivity contribution is 0.184. The van der Waals surface area contributed by atoms with Gasteiger partial charge in [-0.3, -0.25) is 4.72 Å². The van der Waals surface area contributed by atoms with Gasteiger partial charge in [0, 0.05) is 7.11 Å². The average Bonchev–Trinajstić information content (AvgIpc) is 3.09. The van der Waals surface area contributed by atoms with Crippen LogP contribution in [-0.2, 0) is 21.4 Å². The summed E-state index contributed by atoms with van der Waals surface area (Å²) in [7, 11) is 1.45. The largest absolute Gasteiger partial charge is 0.496 e. The zero-order valence-electron chi connectivity index (χ0n) is 16.1. The number of anilines is 1. The lowest BCUT2D eigenvalue weighted by Crippen LogP contribution is -2.16. The molecule has 0 bridgehead atoms. The van der Waals surface area contributed by atoms with Crippen molar-refractivity contribution in [3.63, 3.8) is 0 Å². The van der Waals surface area contributed by atoms with Gasteiger partial charge in [-0.05, 0) is 29.8 Å². The van der Waals surface area contributed by atoms with Crippen molar-refractivity contribution in [2.75, 3.05) is 33.2 Å². The number of nitrogens with zero attached hydrogens (tertiary/aromatic N) is 1. The van der Waals surface area contributed by atoms with Crippen LogP contribution in [0.3, 0.4) is 0 Å². The SMILES string of the molecule is COCc1cc(OC)c2c(NS(=O)(=O)c3c(OC)ccc(Cl)c3OC)noc2c1. The van der Waals surface area contributed by atoms with Crippen LogP contribution in [0.4, 0.5) is 5.82 Å². The Balaban J connectivity index is 2.13. The molecule has 11 heteroatoms. The first-order valence-corrected chi connectivity index (χ1v) is 10.1. The molecule has 0 saturated carbocycles. The third-order valence-corrected chi connectivity index (χ3v) is 5.76. The number of hydrogen-bond donors (Lipinski definition) is 1. The van der Waals surface area contributed by atoms with Gasteiger partial charge in [0.25, 0.3) is 10.0 Å². The molecule has 29 heavy (non-hydrogen) atoms. The summed E-state index contributed by atoms with van der Waals surface area (Å²) in [5, 5.41) is 4.32. The van der Waals surface area contributed by atoms with Gasteiger partial charge < -0.3 is 23.5 Å². The van der Waals surface area contributed by atoms with Crippen LogP contribution in [0.1, 0.15) is 5.56 Å². The Labute approximate surface area is 172 Å². The maximum absolute atomic E-state index is 13.2. The molecular weight excluding hydrogens is 424 g/mol. The normalized spacial score (nSPS) is 11.5. The molecule has 0 saturated heterocycles. The monoisotopic (exact) mass is 442 g/mol. The van der Waals surface area contributed by atoms with Crippen molar-refractivity contribution in [3.05, 3.63) is 34.9 Å². The van der Waals surface area contributed by atoms with Gasteiger partial charge in [-0.2, -0.15) is 0 Å². The Bertz CT molecular complexity index is 1140. The summed E-state index contributed by atoms with van der Waals surface area (Å²) in [6.45, 7) is 0.324. The molecule has 0 aliphatic heterocycles. The third-order valence-electron chi connectivity index (χ3n) is 4.08. The summed E-state index contributed by atoms with van der Waals surface area (Å²) in [4.78, 5) is -0.263. The Hall–Kier alpha value is -2.69. The fraction of sp³-hybridized carbons (Fsp3) is 0.278. The first-order valence-electron chi connectivity index (χ1n) is 8.24. The highest BCUT2D eigenvalue weighted by Gasteiger charge is 2.29. The molecule has 9 nitrogen and oxygen atoms in total. The summed E-state index contributed by atoms with van der Waals surface area (Å²) < 4.78 is 54.9. The van der Waals surface area contributed by atoms with Crippen molar-refractivity contribution in [1.82, 2.24) is 5.16 Å². The first-order chi connectivity index (χ1) is 13.9. The highest BCUT2D eigenvalue weighted by molar-refractivity contribution is 7.93. The van der Waals surface area contributed by atoms with E-state index in [1.165, 1.54) is 33.5 Å². The summed E-state index contributed by atoms with van der Waals surface area (Å²) in [6, 6.07) is 6.30. The smallest absolute Gasteiger partial charge is 0.270 e. The van der Waals surface area contributed by atoms with Crippen molar-refractivity contribution >= 4 is 38.4 Å². The fourth-order valence-electron chi connectivity index (χ4n) is 2.87. The highest BCUT2D eigenvalue weighted by atomic mass is 35.5. The standard InChI is InChI=1S/C18H19ClN2O7S/c1-24-9-10-7-13(26-3)15-14(8-10)28-20-18(15)21-29(22,23)17-12(25-2)6-5-11(19)16(17)27-4/h5-8H,9H2,1-4H3,(H,20,21). The molecule has 3 rings (SSSR count). The number of hydrogen-bond acceptors (Lipinski definition) is 8. The van der Waals surface area contributed by atoms with Gasteiger partial charge in [0.2, 0.25) is 0 Å². The minimum absolute atomic E-state index is 0.0510. The van der Waals surface area contributed by atoms with E-state index in [2.05, 4.69) is 9.88 Å². The van der Waals surface area contributed by atoms with E-state index in [1.807, 2.05) is 0 Å². The van der Waals surface area contributed by atoms with Crippen LogP contribution in [0.2, 0.25) is 5.02 Å². The number of methoxy groups -OCH3 is 4. The van der Waals surface area contributed by atoms with Crippen molar-refractivity contribution in [2.24, 2.45) is 0 Å². The van der Waals surface area contributed by atoms with Gasteiger partial charge in [-0.15, -0.1) is 0 Å². The molecule has 0 spiro atoms. The average molecular weight is 443 g/mol. The Morgan fingerprint density at radius 1 is 1.07 bits per heavy atom. The number of nitrogens with one attached hydrogen (secondary N) is 1. The van der Waals surface area contributed by atoms with Crippen LogP contribution >= 0.6 is 11.6 Å². The topological polar surface area (TPSA) is 109 Å². The second-order valence-electron chi connectivity index (χ2n) is 5.85. The molecule has 0 aliphatic carbocycles. The van der Waals surface area contributed by atoms with Gasteiger partial charge in [0.1, 0.15) is 16.9 Å². The molecule has 1 aromatic heterocycles. The molecule has 1 N–H and O–H groups in total. The second kappa shape index (κ2) is 8.36. The van der Waals surface area contributed by atoms with Gasteiger partial charge in [0.15, 0.2) is 22.0 Å². The molecule has 2 aromatic carbocycles. The Morgan fingerprint density at radius 3 is 2.41 bits per heavy atom. The quantitative estimate of drug-likeness (QED) is 0.565. The van der Waals surface area contributed by atoms with Gasteiger partial charge in [0.05, 0.1) is 33.0 Å². The van der Waals surface area contributed by atoms with E-state index in [9.17, 15) is 8.42 Å². The zero-order chi connectivity index (χ0) is 21.2. The van der Waals surface area contributed by atoms with Crippen LogP contribution < -0.4 is 18.9 Å². The molecule has 156 valence electrons. The zero-order valence-corrected chi connectivity index (χ0v) is 17.7.